The third-order valence-corrected chi connectivity index (χ3v) is 15.8. The number of alkyl halides is 3. The molecular weight excluding hydrogens is 1010 g/mol. The second kappa shape index (κ2) is 21.6. The van der Waals surface area contributed by atoms with E-state index < -0.39 is 64.6 Å². The van der Waals surface area contributed by atoms with Crippen molar-refractivity contribution in [2.75, 3.05) is 62.6 Å². The highest BCUT2D eigenvalue weighted by molar-refractivity contribution is 7.92. The minimum atomic E-state index is -6.11. The highest BCUT2D eigenvalue weighted by atomic mass is 35.5. The summed E-state index contributed by atoms with van der Waals surface area (Å²) in [5.74, 6) is -1.19. The predicted octanol–water partition coefficient (Wildman–Crippen LogP) is 9.39. The first kappa shape index (κ1) is 52.9. The summed E-state index contributed by atoms with van der Waals surface area (Å²) < 4.78 is 110. The summed E-state index contributed by atoms with van der Waals surface area (Å²) in [5.41, 5.74) is -3.42. The van der Waals surface area contributed by atoms with Gasteiger partial charge >= 0.3 is 11.6 Å². The third kappa shape index (κ3) is 12.5. The molecule has 73 heavy (non-hydrogen) atoms. The van der Waals surface area contributed by atoms with Gasteiger partial charge in [-0.05, 0) is 124 Å². The van der Waals surface area contributed by atoms with Crippen LogP contribution in [0.25, 0.3) is 22.2 Å². The standard InChI is InChI=1S/C51H55ClF3N7O9S2/c1-50(2,3)71-49(65)62-27-25-60(26-28-62)22-6-20-56-43-16-14-39(31-45(43)72(66,67)51(53,54)55)73(68,69)59-48(64)42-15-13-37(30-44(42)70-38-29-35-17-21-57-47(35)58-32-38)61-23-18-34(19-24-61)46(63)41-8-5-4-7-40(41)33-9-11-36(52)12-10-33/h4-5,7-17,21,29-32,34,46,56,63H,6,18-20,22-28H2,1-3H3,(H,57,58)(H,59,64)/t46-/m0/s1. The van der Waals surface area contributed by atoms with Crippen LogP contribution in [0.2, 0.25) is 5.02 Å². The summed E-state index contributed by atoms with van der Waals surface area (Å²) in [7, 11) is -11.1. The number of piperazine rings is 1. The molecule has 2 saturated heterocycles. The molecule has 0 aliphatic carbocycles. The van der Waals surface area contributed by atoms with E-state index in [9.17, 15) is 44.7 Å². The van der Waals surface area contributed by atoms with Gasteiger partial charge in [-0.1, -0.05) is 48.0 Å². The van der Waals surface area contributed by atoms with Crippen molar-refractivity contribution in [3.8, 4) is 22.6 Å². The lowest BCUT2D eigenvalue weighted by molar-refractivity contribution is -0.0436. The average Bonchev–Trinajstić information content (AvgIpc) is 3.83. The maximum atomic E-state index is 14.1. The van der Waals surface area contributed by atoms with E-state index in [-0.39, 0.29) is 29.5 Å². The van der Waals surface area contributed by atoms with E-state index in [1.165, 1.54) is 12.3 Å². The van der Waals surface area contributed by atoms with E-state index >= 15 is 0 Å². The Hall–Kier alpha value is -6.39. The topological polar surface area (TPSA) is 204 Å². The first-order chi connectivity index (χ1) is 34.6. The number of benzene rings is 4. The van der Waals surface area contributed by atoms with Crippen molar-refractivity contribution < 1.29 is 54.2 Å². The molecule has 4 N–H and O–H groups in total. The van der Waals surface area contributed by atoms with Gasteiger partial charge in [0, 0.05) is 74.2 Å². The monoisotopic (exact) mass is 1070 g/mol. The molecule has 0 radical (unpaired) electrons. The number of sulfonamides is 1. The molecule has 16 nitrogen and oxygen atoms in total. The Labute approximate surface area is 426 Å². The Balaban J connectivity index is 0.978. The van der Waals surface area contributed by atoms with Crippen LogP contribution in [-0.2, 0) is 24.6 Å². The second-order valence-electron chi connectivity index (χ2n) is 18.9. The molecule has 4 aromatic carbocycles. The van der Waals surface area contributed by atoms with Crippen molar-refractivity contribution in [1.29, 1.82) is 0 Å². The number of piperidine rings is 1. The number of fused-ring (bicyclic) bond motifs is 1. The van der Waals surface area contributed by atoms with Gasteiger partial charge in [0.25, 0.3) is 25.8 Å². The SMILES string of the molecule is CC(C)(C)OC(=O)N1CCN(CCCNc2ccc(S(=O)(=O)NC(=O)c3ccc(N4CCC([C@H](O)c5ccccc5-c5ccc(Cl)cc5)CC4)cc3Oc3cnc4[nH]ccc4c3)cc2S(=O)(=O)C(F)(F)F)CC1. The molecule has 8 rings (SSSR count). The Morgan fingerprint density at radius 3 is 2.30 bits per heavy atom. The van der Waals surface area contributed by atoms with Crippen molar-refractivity contribution in [1.82, 2.24) is 24.5 Å². The summed E-state index contributed by atoms with van der Waals surface area (Å²) in [6.07, 6.45) is 3.43. The Bertz CT molecular complexity index is 3190. The molecule has 0 bridgehead atoms. The maximum Gasteiger partial charge on any atom is 0.501 e. The number of aromatic amines is 1. The summed E-state index contributed by atoms with van der Waals surface area (Å²) in [4.78, 5) is 37.2. The predicted molar refractivity (Wildman–Crippen MR) is 271 cm³/mol. The van der Waals surface area contributed by atoms with Crippen LogP contribution in [0, 0.1) is 5.92 Å². The maximum absolute atomic E-state index is 14.1. The molecule has 2 amide bonds. The van der Waals surface area contributed by atoms with Crippen LogP contribution in [0.5, 0.6) is 11.5 Å². The number of aliphatic hydroxyl groups excluding tert-OH is 1. The summed E-state index contributed by atoms with van der Waals surface area (Å²) in [6, 6.07) is 25.2. The smallest absolute Gasteiger partial charge is 0.455 e. The van der Waals surface area contributed by atoms with E-state index in [4.69, 9.17) is 21.1 Å². The van der Waals surface area contributed by atoms with Crippen molar-refractivity contribution in [3.63, 3.8) is 0 Å². The van der Waals surface area contributed by atoms with Gasteiger partial charge in [-0.25, -0.2) is 31.3 Å². The van der Waals surface area contributed by atoms with Gasteiger partial charge in [0.05, 0.1) is 28.4 Å². The number of H-pyrrole nitrogens is 1. The molecule has 2 aliphatic rings. The van der Waals surface area contributed by atoms with Crippen LogP contribution in [0.4, 0.5) is 29.3 Å². The van der Waals surface area contributed by atoms with Crippen LogP contribution in [0.3, 0.4) is 0 Å². The molecule has 22 heteroatoms. The first-order valence-corrected chi connectivity index (χ1v) is 26.9. The number of ether oxygens (including phenoxy) is 2. The lowest BCUT2D eigenvalue weighted by Gasteiger charge is -2.36. The second-order valence-corrected chi connectivity index (χ2v) is 22.9. The normalized spacial score (nSPS) is 15.8. The van der Waals surface area contributed by atoms with E-state index in [2.05, 4.69) is 15.3 Å². The summed E-state index contributed by atoms with van der Waals surface area (Å²) in [5, 5.41) is 15.7. The number of sulfone groups is 1. The third-order valence-electron chi connectivity index (χ3n) is 12.7. The van der Waals surface area contributed by atoms with Gasteiger partial charge in [-0.2, -0.15) is 13.2 Å². The molecule has 0 unspecified atom stereocenters. The molecule has 0 saturated carbocycles. The van der Waals surface area contributed by atoms with Gasteiger partial charge in [0.2, 0.25) is 0 Å². The van der Waals surface area contributed by atoms with Crippen molar-refractivity contribution in [2.45, 2.75) is 67.0 Å². The summed E-state index contributed by atoms with van der Waals surface area (Å²) >= 11 is 6.14. The number of carbonyl (C=O) groups is 2. The van der Waals surface area contributed by atoms with Gasteiger partial charge in [-0.15, -0.1) is 0 Å². The zero-order valence-electron chi connectivity index (χ0n) is 40.2. The molecule has 6 aromatic rings. The number of hydrogen-bond donors (Lipinski definition) is 4. The number of aromatic nitrogens is 2. The number of amides is 2. The van der Waals surface area contributed by atoms with Crippen LogP contribution in [0.1, 0.15) is 62.1 Å². The Morgan fingerprint density at radius 1 is 0.890 bits per heavy atom. The molecule has 2 fully saturated rings. The molecule has 1 atom stereocenters. The largest absolute Gasteiger partial charge is 0.501 e. The van der Waals surface area contributed by atoms with Crippen LogP contribution in [0.15, 0.2) is 119 Å². The Morgan fingerprint density at radius 2 is 1.60 bits per heavy atom. The summed E-state index contributed by atoms with van der Waals surface area (Å²) in [6.45, 7) is 8.63. The van der Waals surface area contributed by atoms with Crippen LogP contribution in [-0.4, -0.2) is 117 Å². The molecule has 0 spiro atoms. The lowest BCUT2D eigenvalue weighted by atomic mass is 9.84. The molecular formula is C51H55ClF3N7O9S2. The number of nitrogens with zero attached hydrogens (tertiary/aromatic N) is 4. The number of aliphatic hydroxyl groups is 1. The minimum absolute atomic E-state index is 0.0143. The fraction of sp³-hybridized carbons (Fsp3) is 0.353. The number of halogens is 4. The fourth-order valence-corrected chi connectivity index (χ4v) is 11.0. The van der Waals surface area contributed by atoms with Crippen molar-refractivity contribution in [2.24, 2.45) is 5.92 Å². The van der Waals surface area contributed by atoms with Gasteiger partial charge in [-0.3, -0.25) is 9.69 Å². The Kier molecular flexibility index (Phi) is 15.7. The minimum Gasteiger partial charge on any atom is -0.455 e. The number of nitrogens with one attached hydrogen (secondary N) is 3. The zero-order valence-corrected chi connectivity index (χ0v) is 42.5. The van der Waals surface area contributed by atoms with Gasteiger partial charge in [0.15, 0.2) is 0 Å². The van der Waals surface area contributed by atoms with Crippen LogP contribution >= 0.6 is 11.6 Å². The fourth-order valence-electron chi connectivity index (χ4n) is 8.86. The lowest BCUT2D eigenvalue weighted by Crippen LogP contribution is -2.50. The number of pyridine rings is 1. The number of anilines is 2. The van der Waals surface area contributed by atoms with Crippen molar-refractivity contribution in [3.05, 3.63) is 126 Å². The first-order valence-electron chi connectivity index (χ1n) is 23.6. The van der Waals surface area contributed by atoms with E-state index in [0.29, 0.717) is 92.9 Å². The number of rotatable bonds is 15. The average molecular weight is 1070 g/mol. The van der Waals surface area contributed by atoms with E-state index in [1.807, 2.05) is 50.9 Å². The zero-order chi connectivity index (χ0) is 52.3. The highest BCUT2D eigenvalue weighted by Gasteiger charge is 2.48. The molecule has 2 aromatic heterocycles. The van der Waals surface area contributed by atoms with Gasteiger partial charge in [0.1, 0.15) is 27.6 Å². The number of carbonyl (C=O) groups excluding carboxylic acids is 2. The van der Waals surface area contributed by atoms with E-state index in [1.54, 1.807) is 68.3 Å². The molecule has 4 heterocycles. The van der Waals surface area contributed by atoms with Crippen molar-refractivity contribution >= 4 is 65.9 Å². The van der Waals surface area contributed by atoms with E-state index in [0.717, 1.165) is 28.8 Å². The van der Waals surface area contributed by atoms with Gasteiger partial charge < -0.3 is 34.7 Å². The van der Waals surface area contributed by atoms with Crippen LogP contribution < -0.4 is 19.7 Å². The molecule has 2 aliphatic heterocycles. The molecule has 388 valence electrons. The quantitative estimate of drug-likeness (QED) is 0.0709. The highest BCUT2D eigenvalue weighted by Crippen LogP contribution is 2.40. The number of hydrogen-bond acceptors (Lipinski definition) is 13.